The monoisotopic (exact) mass is 364 g/mol. The molecular weight excluding hydrogens is 348 g/mol. The van der Waals surface area contributed by atoms with Crippen LogP contribution in [-0.2, 0) is 6.61 Å². The van der Waals surface area contributed by atoms with Gasteiger partial charge in [-0.3, -0.25) is 4.79 Å². The number of ether oxygens (including phenoxy) is 1. The molecule has 136 valence electrons. The lowest BCUT2D eigenvalue weighted by molar-refractivity contribution is 0.307. The van der Waals surface area contributed by atoms with Crippen LogP contribution in [0.3, 0.4) is 0 Å². The van der Waals surface area contributed by atoms with Gasteiger partial charge in [-0.05, 0) is 24.1 Å². The molecule has 0 saturated heterocycles. The molecule has 0 bridgehead atoms. The van der Waals surface area contributed by atoms with Gasteiger partial charge in [-0.1, -0.05) is 24.3 Å². The van der Waals surface area contributed by atoms with E-state index in [1.54, 1.807) is 0 Å². The number of fused-ring (bicyclic) bond motifs is 2. The summed E-state index contributed by atoms with van der Waals surface area (Å²) in [6.07, 6.45) is 0. The van der Waals surface area contributed by atoms with Crippen molar-refractivity contribution < 1.29 is 24.5 Å². The molecule has 6 nitrogen and oxygen atoms in total. The zero-order valence-corrected chi connectivity index (χ0v) is 14.4. The standard InChI is InChI=1S/C21H16O6/c1-11-4-2-3-5-12(11)10-26-18-6-13(22)7-19-20(18)21(25)14-8-15(23)16(24)9-17(14)27-19/h2-9,22-24H,10H2,1H3. The van der Waals surface area contributed by atoms with Gasteiger partial charge in [0, 0.05) is 18.2 Å². The maximum absolute atomic E-state index is 12.9. The van der Waals surface area contributed by atoms with E-state index in [1.807, 2.05) is 31.2 Å². The first-order valence-corrected chi connectivity index (χ1v) is 8.27. The highest BCUT2D eigenvalue weighted by Gasteiger charge is 2.16. The second kappa shape index (κ2) is 6.25. The normalized spacial score (nSPS) is 11.1. The third-order valence-electron chi connectivity index (χ3n) is 4.46. The van der Waals surface area contributed by atoms with Gasteiger partial charge in [0.25, 0.3) is 0 Å². The summed E-state index contributed by atoms with van der Waals surface area (Å²) in [6.45, 7) is 2.17. The average molecular weight is 364 g/mol. The Hall–Kier alpha value is -3.67. The molecule has 27 heavy (non-hydrogen) atoms. The molecule has 0 aliphatic carbocycles. The van der Waals surface area contributed by atoms with Crippen LogP contribution in [0.15, 0.2) is 57.7 Å². The van der Waals surface area contributed by atoms with E-state index in [1.165, 1.54) is 12.1 Å². The van der Waals surface area contributed by atoms with Gasteiger partial charge in [-0.15, -0.1) is 0 Å². The molecule has 3 aromatic carbocycles. The Bertz CT molecular complexity index is 1240. The Kier molecular flexibility index (Phi) is 3.88. The minimum absolute atomic E-state index is 0.0956. The Labute approximate surface area is 153 Å². The van der Waals surface area contributed by atoms with Crippen molar-refractivity contribution >= 4 is 21.9 Å². The molecule has 4 aromatic rings. The Morgan fingerprint density at radius 2 is 1.70 bits per heavy atom. The highest BCUT2D eigenvalue weighted by Crippen LogP contribution is 2.34. The van der Waals surface area contributed by atoms with Crippen LogP contribution in [0.2, 0.25) is 0 Å². The molecule has 0 unspecified atom stereocenters. The SMILES string of the molecule is Cc1ccccc1COc1cc(O)cc2oc3cc(O)c(O)cc3c(=O)c12. The number of hydrogen-bond donors (Lipinski definition) is 3. The Morgan fingerprint density at radius 1 is 0.963 bits per heavy atom. The van der Waals surface area contributed by atoms with Crippen molar-refractivity contribution in [1.82, 2.24) is 0 Å². The van der Waals surface area contributed by atoms with Crippen LogP contribution < -0.4 is 10.2 Å². The predicted molar refractivity (Wildman–Crippen MR) is 100 cm³/mol. The van der Waals surface area contributed by atoms with Crippen LogP contribution >= 0.6 is 0 Å². The molecule has 0 saturated carbocycles. The van der Waals surface area contributed by atoms with E-state index < -0.39 is 16.9 Å². The van der Waals surface area contributed by atoms with Gasteiger partial charge in [0.15, 0.2) is 11.5 Å². The minimum Gasteiger partial charge on any atom is -0.508 e. The van der Waals surface area contributed by atoms with Gasteiger partial charge in [0.2, 0.25) is 5.43 Å². The molecule has 0 radical (unpaired) electrons. The fourth-order valence-corrected chi connectivity index (χ4v) is 2.99. The third kappa shape index (κ3) is 2.91. The molecule has 0 aliphatic heterocycles. The zero-order chi connectivity index (χ0) is 19.1. The highest BCUT2D eigenvalue weighted by molar-refractivity contribution is 5.95. The van der Waals surface area contributed by atoms with Crippen molar-refractivity contribution in [3.05, 3.63) is 69.9 Å². The number of phenolic OH excluding ortho intramolecular Hbond substituents is 3. The smallest absolute Gasteiger partial charge is 0.204 e. The second-order valence-corrected chi connectivity index (χ2v) is 6.30. The first-order valence-electron chi connectivity index (χ1n) is 8.27. The van der Waals surface area contributed by atoms with Crippen LogP contribution in [0.5, 0.6) is 23.0 Å². The van der Waals surface area contributed by atoms with E-state index in [0.29, 0.717) is 0 Å². The van der Waals surface area contributed by atoms with E-state index in [2.05, 4.69) is 0 Å². The van der Waals surface area contributed by atoms with E-state index in [9.17, 15) is 20.1 Å². The number of phenols is 3. The summed E-state index contributed by atoms with van der Waals surface area (Å²) in [4.78, 5) is 12.9. The molecule has 6 heteroatoms. The average Bonchev–Trinajstić information content (AvgIpc) is 2.62. The van der Waals surface area contributed by atoms with Crippen LogP contribution in [0.1, 0.15) is 11.1 Å². The molecule has 0 fully saturated rings. The van der Waals surface area contributed by atoms with Gasteiger partial charge >= 0.3 is 0 Å². The minimum atomic E-state index is -0.429. The first kappa shape index (κ1) is 16.8. The summed E-state index contributed by atoms with van der Waals surface area (Å²) < 4.78 is 11.5. The van der Waals surface area contributed by atoms with E-state index >= 15 is 0 Å². The first-order chi connectivity index (χ1) is 12.9. The summed E-state index contributed by atoms with van der Waals surface area (Å²) in [7, 11) is 0. The predicted octanol–water partition coefficient (Wildman–Crippen LogP) is 3.95. The molecule has 0 aliphatic rings. The summed E-state index contributed by atoms with van der Waals surface area (Å²) in [5.74, 6) is -0.763. The van der Waals surface area contributed by atoms with E-state index in [0.717, 1.165) is 23.3 Å². The lowest BCUT2D eigenvalue weighted by atomic mass is 10.1. The van der Waals surface area contributed by atoms with Crippen LogP contribution in [-0.4, -0.2) is 15.3 Å². The van der Waals surface area contributed by atoms with Crippen LogP contribution in [0.25, 0.3) is 21.9 Å². The summed E-state index contributed by atoms with van der Waals surface area (Å²) in [5.41, 5.74) is 1.78. The molecule has 0 atom stereocenters. The van der Waals surface area contributed by atoms with Gasteiger partial charge < -0.3 is 24.5 Å². The van der Waals surface area contributed by atoms with E-state index in [4.69, 9.17) is 9.15 Å². The summed E-state index contributed by atoms with van der Waals surface area (Å²) in [5, 5.41) is 29.6. The fourth-order valence-electron chi connectivity index (χ4n) is 2.99. The number of rotatable bonds is 3. The molecule has 1 aromatic heterocycles. The van der Waals surface area contributed by atoms with Gasteiger partial charge in [0.05, 0.1) is 5.39 Å². The third-order valence-corrected chi connectivity index (χ3v) is 4.46. The van der Waals surface area contributed by atoms with Crippen molar-refractivity contribution in [2.75, 3.05) is 0 Å². The molecule has 1 heterocycles. The number of benzene rings is 3. The maximum Gasteiger partial charge on any atom is 0.204 e. The van der Waals surface area contributed by atoms with Crippen molar-refractivity contribution in [2.45, 2.75) is 13.5 Å². The molecular formula is C21H16O6. The lowest BCUT2D eigenvalue weighted by Gasteiger charge is -2.12. The highest BCUT2D eigenvalue weighted by atomic mass is 16.5. The summed E-state index contributed by atoms with van der Waals surface area (Å²) in [6, 6.07) is 12.6. The van der Waals surface area contributed by atoms with Crippen LogP contribution in [0.4, 0.5) is 0 Å². The lowest BCUT2D eigenvalue weighted by Crippen LogP contribution is -2.06. The fraction of sp³-hybridized carbons (Fsp3) is 0.0952. The van der Waals surface area contributed by atoms with Gasteiger partial charge in [-0.2, -0.15) is 0 Å². The molecule has 0 spiro atoms. The largest absolute Gasteiger partial charge is 0.508 e. The Morgan fingerprint density at radius 3 is 2.48 bits per heavy atom. The van der Waals surface area contributed by atoms with E-state index in [-0.39, 0.29) is 40.0 Å². The second-order valence-electron chi connectivity index (χ2n) is 6.30. The number of aromatic hydroxyl groups is 3. The number of hydrogen-bond acceptors (Lipinski definition) is 6. The van der Waals surface area contributed by atoms with Crippen LogP contribution in [0, 0.1) is 6.92 Å². The number of aryl methyl sites for hydroxylation is 1. The topological polar surface area (TPSA) is 100 Å². The van der Waals surface area contributed by atoms with Crippen molar-refractivity contribution in [3.8, 4) is 23.0 Å². The molecule has 0 amide bonds. The van der Waals surface area contributed by atoms with Crippen molar-refractivity contribution in [1.29, 1.82) is 0 Å². The summed E-state index contributed by atoms with van der Waals surface area (Å²) >= 11 is 0. The zero-order valence-electron chi connectivity index (χ0n) is 14.4. The van der Waals surface area contributed by atoms with Crippen molar-refractivity contribution in [2.24, 2.45) is 0 Å². The van der Waals surface area contributed by atoms with Gasteiger partial charge in [0.1, 0.15) is 34.7 Å². The quantitative estimate of drug-likeness (QED) is 0.376. The molecule has 4 rings (SSSR count). The Balaban J connectivity index is 1.89. The molecule has 3 N–H and O–H groups in total. The van der Waals surface area contributed by atoms with Crippen molar-refractivity contribution in [3.63, 3.8) is 0 Å². The van der Waals surface area contributed by atoms with Gasteiger partial charge in [-0.25, -0.2) is 0 Å². The maximum atomic E-state index is 12.9.